The Morgan fingerprint density at radius 1 is 1.20 bits per heavy atom. The molecule has 0 rings (SSSR count). The molecule has 0 bridgehead atoms. The maximum Gasteiger partial charge on any atom is 0.211 e. The Hall–Kier alpha value is -0.820. The van der Waals surface area contributed by atoms with Crippen molar-refractivity contribution in [1.82, 2.24) is 15.4 Å². The molecule has 7 heteroatoms. The standard InChI is InChI=1S/C13H30N4O2S/c1-6-14-13(17-12(5)11(3)4)15-9-8-10-16-20(18,19)7-2/h11-12,16H,6-10H2,1-5H3,(H2,14,15,17). The molecule has 6 nitrogen and oxygen atoms in total. The molecule has 0 aromatic carbocycles. The Balaban J connectivity index is 4.15. The maximum absolute atomic E-state index is 11.2. The van der Waals surface area contributed by atoms with Crippen LogP contribution >= 0.6 is 0 Å². The first-order valence-corrected chi connectivity index (χ1v) is 8.99. The molecule has 0 aliphatic heterocycles. The molecular formula is C13H30N4O2S. The summed E-state index contributed by atoms with van der Waals surface area (Å²) in [5, 5.41) is 6.52. The van der Waals surface area contributed by atoms with E-state index in [-0.39, 0.29) is 5.75 Å². The molecule has 0 fully saturated rings. The predicted molar refractivity (Wildman–Crippen MR) is 85.5 cm³/mol. The zero-order valence-corrected chi connectivity index (χ0v) is 14.2. The van der Waals surface area contributed by atoms with Gasteiger partial charge in [0.05, 0.1) is 5.75 Å². The number of hydrogen-bond acceptors (Lipinski definition) is 3. The van der Waals surface area contributed by atoms with Gasteiger partial charge in [0.2, 0.25) is 10.0 Å². The largest absolute Gasteiger partial charge is 0.357 e. The van der Waals surface area contributed by atoms with Gasteiger partial charge in [0.15, 0.2) is 5.96 Å². The van der Waals surface area contributed by atoms with Crippen LogP contribution in [0.5, 0.6) is 0 Å². The fraction of sp³-hybridized carbons (Fsp3) is 0.923. The van der Waals surface area contributed by atoms with Gasteiger partial charge in [-0.2, -0.15) is 0 Å². The molecule has 0 aromatic heterocycles. The molecule has 3 N–H and O–H groups in total. The van der Waals surface area contributed by atoms with E-state index in [1.54, 1.807) is 6.92 Å². The molecule has 0 spiro atoms. The number of nitrogens with zero attached hydrogens (tertiary/aromatic N) is 1. The fourth-order valence-corrected chi connectivity index (χ4v) is 1.96. The minimum Gasteiger partial charge on any atom is -0.357 e. The van der Waals surface area contributed by atoms with Crippen LogP contribution in [0.2, 0.25) is 0 Å². The third-order valence-electron chi connectivity index (χ3n) is 3.02. The number of nitrogens with one attached hydrogen (secondary N) is 3. The molecule has 0 amide bonds. The second kappa shape index (κ2) is 9.99. The van der Waals surface area contributed by atoms with E-state index in [0.717, 1.165) is 12.5 Å². The second-order valence-electron chi connectivity index (χ2n) is 5.09. The summed E-state index contributed by atoms with van der Waals surface area (Å²) in [7, 11) is -3.09. The summed E-state index contributed by atoms with van der Waals surface area (Å²) in [5.74, 6) is 1.43. The Bertz CT molecular complexity index is 380. The molecule has 0 aromatic rings. The maximum atomic E-state index is 11.2. The smallest absolute Gasteiger partial charge is 0.211 e. The Morgan fingerprint density at radius 3 is 2.35 bits per heavy atom. The van der Waals surface area contributed by atoms with E-state index in [0.29, 0.717) is 31.5 Å². The van der Waals surface area contributed by atoms with Gasteiger partial charge in [0.25, 0.3) is 0 Å². The van der Waals surface area contributed by atoms with Gasteiger partial charge in [0.1, 0.15) is 0 Å². The number of aliphatic imine (C=N–C) groups is 1. The topological polar surface area (TPSA) is 82.6 Å². The number of rotatable bonds is 9. The lowest BCUT2D eigenvalue weighted by molar-refractivity contribution is 0.481. The molecule has 0 aliphatic carbocycles. The van der Waals surface area contributed by atoms with Crippen LogP contribution in [0, 0.1) is 5.92 Å². The molecule has 20 heavy (non-hydrogen) atoms. The van der Waals surface area contributed by atoms with Crippen LogP contribution in [0.25, 0.3) is 0 Å². The van der Waals surface area contributed by atoms with Crippen molar-refractivity contribution < 1.29 is 8.42 Å². The van der Waals surface area contributed by atoms with Crippen LogP contribution in [-0.4, -0.2) is 45.8 Å². The van der Waals surface area contributed by atoms with Crippen molar-refractivity contribution in [3.05, 3.63) is 0 Å². The van der Waals surface area contributed by atoms with Crippen LogP contribution in [0.1, 0.15) is 41.0 Å². The summed E-state index contributed by atoms with van der Waals surface area (Å²) >= 11 is 0. The molecule has 0 saturated heterocycles. The van der Waals surface area contributed by atoms with E-state index >= 15 is 0 Å². The third-order valence-corrected chi connectivity index (χ3v) is 4.42. The first-order chi connectivity index (χ1) is 9.32. The lowest BCUT2D eigenvalue weighted by Gasteiger charge is -2.20. The van der Waals surface area contributed by atoms with Gasteiger partial charge < -0.3 is 10.6 Å². The van der Waals surface area contributed by atoms with Crippen LogP contribution in [0.3, 0.4) is 0 Å². The van der Waals surface area contributed by atoms with Crippen molar-refractivity contribution >= 4 is 16.0 Å². The Labute approximate surface area is 123 Å². The summed E-state index contributed by atoms with van der Waals surface area (Å²) in [6.45, 7) is 11.9. The van der Waals surface area contributed by atoms with Crippen LogP contribution < -0.4 is 15.4 Å². The van der Waals surface area contributed by atoms with Gasteiger partial charge >= 0.3 is 0 Å². The zero-order valence-electron chi connectivity index (χ0n) is 13.4. The lowest BCUT2D eigenvalue weighted by atomic mass is 10.1. The molecule has 0 radical (unpaired) electrons. The fourth-order valence-electron chi connectivity index (χ4n) is 1.30. The molecule has 120 valence electrons. The molecular weight excluding hydrogens is 276 g/mol. The summed E-state index contributed by atoms with van der Waals surface area (Å²) < 4.78 is 25.0. The summed E-state index contributed by atoms with van der Waals surface area (Å²) in [6, 6.07) is 0.339. The van der Waals surface area contributed by atoms with Crippen molar-refractivity contribution in [2.45, 2.75) is 47.1 Å². The third kappa shape index (κ3) is 9.14. The van der Waals surface area contributed by atoms with E-state index in [9.17, 15) is 8.42 Å². The van der Waals surface area contributed by atoms with Crippen molar-refractivity contribution in [1.29, 1.82) is 0 Å². The first kappa shape index (κ1) is 19.2. The van der Waals surface area contributed by atoms with E-state index < -0.39 is 10.0 Å². The van der Waals surface area contributed by atoms with E-state index in [1.165, 1.54) is 0 Å². The normalized spacial score (nSPS) is 14.4. The van der Waals surface area contributed by atoms with Crippen molar-refractivity contribution in [3.63, 3.8) is 0 Å². The number of hydrogen-bond donors (Lipinski definition) is 3. The predicted octanol–water partition coefficient (Wildman–Crippen LogP) is 0.915. The minimum absolute atomic E-state index is 0.117. The van der Waals surface area contributed by atoms with Gasteiger partial charge in [0, 0.05) is 25.7 Å². The summed E-state index contributed by atoms with van der Waals surface area (Å²) in [5.41, 5.74) is 0. The van der Waals surface area contributed by atoms with Crippen LogP contribution in [-0.2, 0) is 10.0 Å². The highest BCUT2D eigenvalue weighted by Gasteiger charge is 2.08. The van der Waals surface area contributed by atoms with Gasteiger partial charge in [-0.05, 0) is 33.1 Å². The van der Waals surface area contributed by atoms with Crippen molar-refractivity contribution in [2.75, 3.05) is 25.4 Å². The first-order valence-electron chi connectivity index (χ1n) is 7.34. The minimum atomic E-state index is -3.09. The average molecular weight is 306 g/mol. The average Bonchev–Trinajstić information content (AvgIpc) is 2.38. The monoisotopic (exact) mass is 306 g/mol. The number of sulfonamides is 1. The lowest BCUT2D eigenvalue weighted by Crippen LogP contribution is -2.44. The Morgan fingerprint density at radius 2 is 1.85 bits per heavy atom. The summed E-state index contributed by atoms with van der Waals surface area (Å²) in [4.78, 5) is 4.44. The van der Waals surface area contributed by atoms with E-state index in [2.05, 4.69) is 41.1 Å². The molecule has 0 heterocycles. The molecule has 1 atom stereocenters. The van der Waals surface area contributed by atoms with Gasteiger partial charge in [-0.15, -0.1) is 0 Å². The zero-order chi connectivity index (χ0) is 15.6. The Kier molecular flexibility index (Phi) is 9.58. The highest BCUT2D eigenvalue weighted by molar-refractivity contribution is 7.89. The second-order valence-corrected chi connectivity index (χ2v) is 7.18. The quantitative estimate of drug-likeness (QED) is 0.336. The van der Waals surface area contributed by atoms with E-state index in [4.69, 9.17) is 0 Å². The number of guanidine groups is 1. The van der Waals surface area contributed by atoms with Crippen molar-refractivity contribution in [3.8, 4) is 0 Å². The van der Waals surface area contributed by atoms with Gasteiger partial charge in [-0.3, -0.25) is 4.99 Å². The SMILES string of the molecule is CCNC(=NCCCNS(=O)(=O)CC)NC(C)C(C)C. The van der Waals surface area contributed by atoms with Gasteiger partial charge in [-0.1, -0.05) is 13.8 Å². The van der Waals surface area contributed by atoms with E-state index in [1.807, 2.05) is 6.92 Å². The highest BCUT2D eigenvalue weighted by atomic mass is 32.2. The van der Waals surface area contributed by atoms with Gasteiger partial charge in [-0.25, -0.2) is 13.1 Å². The van der Waals surface area contributed by atoms with Crippen LogP contribution in [0.15, 0.2) is 4.99 Å². The molecule has 0 aliphatic rings. The highest BCUT2D eigenvalue weighted by Crippen LogP contribution is 1.99. The molecule has 0 saturated carbocycles. The van der Waals surface area contributed by atoms with Crippen LogP contribution in [0.4, 0.5) is 0 Å². The summed E-state index contributed by atoms with van der Waals surface area (Å²) in [6.07, 6.45) is 0.686. The molecule has 1 unspecified atom stereocenters. The van der Waals surface area contributed by atoms with Crippen molar-refractivity contribution in [2.24, 2.45) is 10.9 Å².